The van der Waals surface area contributed by atoms with Crippen LogP contribution in [0.15, 0.2) is 54.7 Å². The molecule has 1 aromatic heterocycles. The highest BCUT2D eigenvalue weighted by Gasteiger charge is 2.30. The van der Waals surface area contributed by atoms with E-state index in [2.05, 4.69) is 50.7 Å². The van der Waals surface area contributed by atoms with Crippen molar-refractivity contribution in [1.82, 2.24) is 36.9 Å². The van der Waals surface area contributed by atoms with Gasteiger partial charge >= 0.3 is 12.0 Å². The van der Waals surface area contributed by atoms with Crippen molar-refractivity contribution in [3.05, 3.63) is 71.4 Å². The summed E-state index contributed by atoms with van der Waals surface area (Å²) in [6.45, 7) is 7.13. The number of fused-ring (bicyclic) bond motifs is 1. The average molecular weight is 794 g/mol. The first-order chi connectivity index (χ1) is 26.9. The van der Waals surface area contributed by atoms with Crippen LogP contribution in [-0.2, 0) is 32.1 Å². The summed E-state index contributed by atoms with van der Waals surface area (Å²) >= 11 is 1.52. The fourth-order valence-electron chi connectivity index (χ4n) is 5.99. The lowest BCUT2D eigenvalue weighted by Crippen LogP contribution is -2.56. The number of aromatic nitrogens is 1. The molecule has 0 radical (unpaired) electrons. The summed E-state index contributed by atoms with van der Waals surface area (Å²) in [6.07, 6.45) is 7.96. The molecule has 0 spiro atoms. The van der Waals surface area contributed by atoms with Crippen LogP contribution < -0.4 is 31.9 Å². The van der Waals surface area contributed by atoms with E-state index in [1.54, 1.807) is 25.3 Å². The molecule has 5 amide bonds. The van der Waals surface area contributed by atoms with E-state index in [0.717, 1.165) is 41.3 Å². The number of unbranched alkanes of at least 4 members (excludes halogenated alkanes) is 3. The molecule has 0 bridgehead atoms. The summed E-state index contributed by atoms with van der Waals surface area (Å²) in [4.78, 5) is 79.7. The number of Topliss-reactive ketones (excluding diaryl/α,β-unsaturated/α-hetero) is 1. The number of nitrogens with one attached hydrogen (secondary N) is 7. The van der Waals surface area contributed by atoms with Crippen LogP contribution in [0.4, 0.5) is 4.79 Å². The van der Waals surface area contributed by atoms with E-state index in [1.807, 2.05) is 42.7 Å². The Morgan fingerprint density at radius 3 is 2.09 bits per heavy atom. The van der Waals surface area contributed by atoms with Crippen molar-refractivity contribution < 1.29 is 33.9 Å². The van der Waals surface area contributed by atoms with E-state index in [1.165, 1.54) is 11.8 Å². The number of amides is 5. The molecule has 0 aliphatic heterocycles. The van der Waals surface area contributed by atoms with Gasteiger partial charge in [-0.05, 0) is 86.8 Å². The van der Waals surface area contributed by atoms with Crippen LogP contribution in [0.5, 0.6) is 0 Å². The van der Waals surface area contributed by atoms with Gasteiger partial charge in [-0.3, -0.25) is 14.4 Å². The topological polar surface area (TPSA) is 211 Å². The molecule has 0 aliphatic carbocycles. The zero-order valence-corrected chi connectivity index (χ0v) is 33.8. The smallest absolute Gasteiger partial charge is 0.326 e. The Hall–Kier alpha value is -4.89. The van der Waals surface area contributed by atoms with Gasteiger partial charge in [-0.25, -0.2) is 9.59 Å². The molecule has 3 aromatic rings. The molecule has 0 aliphatic rings. The van der Waals surface area contributed by atoms with Gasteiger partial charge in [0.05, 0.1) is 0 Å². The SMILES string of the molecule is CSCC[C@H](NC(=O)c1ccc(CNC(C)C)cc1)C(=O)N[C@@H](Cc1c[nH]c2ccccc12)C(=O)N[C@@H](CCCCNC(=O)NCCCCCC(C)=O)C(=O)O. The van der Waals surface area contributed by atoms with Crippen LogP contribution >= 0.6 is 11.8 Å². The van der Waals surface area contributed by atoms with Crippen molar-refractivity contribution in [2.24, 2.45) is 0 Å². The lowest BCUT2D eigenvalue weighted by atomic mass is 10.0. The number of carbonyl (C=O) groups excluding carboxylic acids is 5. The Morgan fingerprint density at radius 2 is 1.43 bits per heavy atom. The number of para-hydroxylation sites is 1. The Labute approximate surface area is 333 Å². The van der Waals surface area contributed by atoms with E-state index >= 15 is 0 Å². The number of urea groups is 1. The molecule has 0 saturated heterocycles. The summed E-state index contributed by atoms with van der Waals surface area (Å²) < 4.78 is 0. The maximum atomic E-state index is 13.9. The second kappa shape index (κ2) is 24.6. The molecule has 0 saturated carbocycles. The van der Waals surface area contributed by atoms with Crippen molar-refractivity contribution >= 4 is 58.2 Å². The van der Waals surface area contributed by atoms with Gasteiger partial charge in [0.1, 0.15) is 23.9 Å². The fraction of sp³-hybridized carbons (Fsp3) is 0.512. The number of hydrogen-bond acceptors (Lipinski definition) is 8. The average Bonchev–Trinajstić information content (AvgIpc) is 3.58. The fourth-order valence-corrected chi connectivity index (χ4v) is 6.46. The summed E-state index contributed by atoms with van der Waals surface area (Å²) in [7, 11) is 0. The molecule has 0 unspecified atom stereocenters. The summed E-state index contributed by atoms with van der Waals surface area (Å²) in [5, 5.41) is 28.0. The molecular formula is C41H59N7O7S. The van der Waals surface area contributed by atoms with Gasteiger partial charge in [0, 0.05) is 61.2 Å². The molecule has 3 rings (SSSR count). The third-order valence-corrected chi connectivity index (χ3v) is 9.85. The monoisotopic (exact) mass is 793 g/mol. The molecule has 0 fully saturated rings. The quantitative estimate of drug-likeness (QED) is 0.0540. The highest BCUT2D eigenvalue weighted by atomic mass is 32.2. The minimum Gasteiger partial charge on any atom is -0.480 e. The predicted octanol–water partition coefficient (Wildman–Crippen LogP) is 4.43. The number of benzene rings is 2. The lowest BCUT2D eigenvalue weighted by Gasteiger charge is -2.24. The Bertz CT molecular complexity index is 1730. The van der Waals surface area contributed by atoms with Crippen LogP contribution in [0, 0.1) is 0 Å². The van der Waals surface area contributed by atoms with Crippen molar-refractivity contribution in [3.63, 3.8) is 0 Å². The molecule has 306 valence electrons. The molecule has 1 heterocycles. The first kappa shape index (κ1) is 45.5. The highest BCUT2D eigenvalue weighted by Crippen LogP contribution is 2.20. The Morgan fingerprint density at radius 1 is 0.768 bits per heavy atom. The number of carbonyl (C=O) groups is 6. The summed E-state index contributed by atoms with van der Waals surface area (Å²) in [5.41, 5.74) is 3.01. The molecule has 2 aromatic carbocycles. The number of aliphatic carboxylic acids is 1. The molecule has 8 N–H and O–H groups in total. The van der Waals surface area contributed by atoms with Crippen LogP contribution in [0.1, 0.15) is 93.6 Å². The largest absolute Gasteiger partial charge is 0.480 e. The van der Waals surface area contributed by atoms with Crippen molar-refractivity contribution in [3.8, 4) is 0 Å². The standard InChI is InChI=1S/C41H59N7O7S/c1-27(2)44-25-29-16-18-30(19-17-29)37(50)46-34(20-23-56-4)38(51)48-36(24-31-26-45-33-14-8-7-13-32(31)33)39(52)47-35(40(53)54)15-9-11-22-43-41(55)42-21-10-5-6-12-28(3)49/h7-8,13-14,16-19,26-27,34-36,44-45H,5-6,9-12,15,20-25H2,1-4H3,(H,46,50)(H,47,52)(H,48,51)(H,53,54)(H2,42,43,55)/t34-,35-,36-/m0/s1. The number of aromatic amines is 1. The van der Waals surface area contributed by atoms with Crippen LogP contribution in [0.3, 0.4) is 0 Å². The Kier molecular flexibility index (Phi) is 20.0. The van der Waals surface area contributed by atoms with Crippen molar-refractivity contribution in [1.29, 1.82) is 0 Å². The molecule has 3 atom stereocenters. The maximum absolute atomic E-state index is 13.9. The lowest BCUT2D eigenvalue weighted by molar-refractivity contribution is -0.142. The second-order valence-electron chi connectivity index (χ2n) is 14.3. The number of H-pyrrole nitrogens is 1. The van der Waals surface area contributed by atoms with E-state index in [0.29, 0.717) is 62.7 Å². The van der Waals surface area contributed by atoms with E-state index in [-0.39, 0.29) is 24.7 Å². The van der Waals surface area contributed by atoms with Gasteiger partial charge in [-0.15, -0.1) is 0 Å². The van der Waals surface area contributed by atoms with Crippen LogP contribution in [0.25, 0.3) is 10.9 Å². The van der Waals surface area contributed by atoms with E-state index < -0.39 is 41.8 Å². The number of ketones is 1. The molecule has 56 heavy (non-hydrogen) atoms. The number of thioether (sulfide) groups is 1. The third-order valence-electron chi connectivity index (χ3n) is 9.21. The molecular weight excluding hydrogens is 735 g/mol. The number of carboxylic acids is 1. The minimum absolute atomic E-state index is 0.0682. The summed E-state index contributed by atoms with van der Waals surface area (Å²) in [5.74, 6) is -2.15. The van der Waals surface area contributed by atoms with Gasteiger partial charge in [-0.1, -0.05) is 50.6 Å². The minimum atomic E-state index is -1.24. The number of rotatable bonds is 26. The zero-order chi connectivity index (χ0) is 40.9. The van der Waals surface area contributed by atoms with Gasteiger partial charge < -0.3 is 46.8 Å². The predicted molar refractivity (Wildman–Crippen MR) is 221 cm³/mol. The number of hydrogen-bond donors (Lipinski definition) is 8. The van der Waals surface area contributed by atoms with E-state index in [4.69, 9.17) is 0 Å². The first-order valence-corrected chi connectivity index (χ1v) is 20.8. The Balaban J connectivity index is 1.64. The van der Waals surface area contributed by atoms with Crippen LogP contribution in [-0.4, -0.2) is 94.9 Å². The van der Waals surface area contributed by atoms with Gasteiger partial charge in [-0.2, -0.15) is 11.8 Å². The van der Waals surface area contributed by atoms with Crippen molar-refractivity contribution in [2.45, 2.75) is 109 Å². The normalized spacial score (nSPS) is 12.7. The van der Waals surface area contributed by atoms with Crippen LogP contribution in [0.2, 0.25) is 0 Å². The zero-order valence-electron chi connectivity index (χ0n) is 33.0. The third kappa shape index (κ3) is 16.5. The van der Waals surface area contributed by atoms with Gasteiger partial charge in [0.25, 0.3) is 5.91 Å². The molecule has 15 heteroatoms. The molecule has 14 nitrogen and oxygen atoms in total. The first-order valence-electron chi connectivity index (χ1n) is 19.4. The summed E-state index contributed by atoms with van der Waals surface area (Å²) in [6, 6.07) is 11.3. The van der Waals surface area contributed by atoms with E-state index in [9.17, 15) is 33.9 Å². The maximum Gasteiger partial charge on any atom is 0.326 e. The van der Waals surface area contributed by atoms with Crippen molar-refractivity contribution in [2.75, 3.05) is 25.1 Å². The van der Waals surface area contributed by atoms with Gasteiger partial charge in [0.15, 0.2) is 0 Å². The van der Waals surface area contributed by atoms with Gasteiger partial charge in [0.2, 0.25) is 11.8 Å². The number of carboxylic acid groups (broad SMARTS) is 1. The second-order valence-corrected chi connectivity index (χ2v) is 15.2. The highest BCUT2D eigenvalue weighted by molar-refractivity contribution is 7.98.